The number of nitrogens with zero attached hydrogens (tertiary/aromatic N) is 4. The van der Waals surface area contributed by atoms with E-state index in [1.54, 1.807) is 36.9 Å². The van der Waals surface area contributed by atoms with E-state index >= 15 is 0 Å². The van der Waals surface area contributed by atoms with Crippen molar-refractivity contribution in [1.29, 1.82) is 0 Å². The molecule has 1 aliphatic heterocycles. The van der Waals surface area contributed by atoms with Crippen LogP contribution < -0.4 is 19.9 Å². The van der Waals surface area contributed by atoms with Crippen LogP contribution in [0.4, 0.5) is 11.4 Å². The van der Waals surface area contributed by atoms with Crippen molar-refractivity contribution in [2.24, 2.45) is 11.3 Å². The third-order valence-electron chi connectivity index (χ3n) is 7.68. The van der Waals surface area contributed by atoms with Gasteiger partial charge in [0.25, 0.3) is 0 Å². The summed E-state index contributed by atoms with van der Waals surface area (Å²) in [7, 11) is 1.74. The van der Waals surface area contributed by atoms with Crippen molar-refractivity contribution < 1.29 is 14.3 Å². The second-order valence-corrected chi connectivity index (χ2v) is 11.7. The number of carbonyl (C=O) groups excluding carboxylic acids is 2. The summed E-state index contributed by atoms with van der Waals surface area (Å²) < 4.78 is 6.13. The van der Waals surface area contributed by atoms with Crippen LogP contribution in [-0.4, -0.2) is 48.5 Å². The lowest BCUT2D eigenvalue weighted by Crippen LogP contribution is -2.47. The number of ether oxygens (including phenoxy) is 1. The molecule has 0 saturated heterocycles. The Morgan fingerprint density at radius 2 is 1.73 bits per heavy atom. The molecule has 1 aliphatic rings. The fourth-order valence-corrected chi connectivity index (χ4v) is 5.14. The topological polar surface area (TPSA) is 87.7 Å². The predicted octanol–water partition coefficient (Wildman–Crippen LogP) is 5.59. The molecule has 1 atom stereocenters. The lowest BCUT2D eigenvalue weighted by Gasteiger charge is -2.28. The van der Waals surface area contributed by atoms with Crippen molar-refractivity contribution in [3.63, 3.8) is 0 Å². The zero-order chi connectivity index (χ0) is 29.4. The minimum Gasteiger partial charge on any atom is -0.493 e. The van der Waals surface area contributed by atoms with Crippen LogP contribution in [0.25, 0.3) is 0 Å². The molecule has 3 aromatic rings. The molecule has 0 radical (unpaired) electrons. The summed E-state index contributed by atoms with van der Waals surface area (Å²) in [6.45, 7) is 9.57. The number of carbonyl (C=O) groups is 2. The van der Waals surface area contributed by atoms with E-state index in [0.29, 0.717) is 30.5 Å². The number of aromatic nitrogens is 2. The highest BCUT2D eigenvalue weighted by Gasteiger charge is 2.45. The van der Waals surface area contributed by atoms with Gasteiger partial charge in [-0.15, -0.1) is 0 Å². The summed E-state index contributed by atoms with van der Waals surface area (Å²) in [4.78, 5) is 38.5. The van der Waals surface area contributed by atoms with Crippen LogP contribution in [0, 0.1) is 11.3 Å². The van der Waals surface area contributed by atoms with Gasteiger partial charge in [0.2, 0.25) is 11.8 Å². The fraction of sp³-hybridized carbons (Fsp3) is 0.455. The average molecular weight is 558 g/mol. The van der Waals surface area contributed by atoms with E-state index in [-0.39, 0.29) is 17.9 Å². The Morgan fingerprint density at radius 1 is 0.951 bits per heavy atom. The van der Waals surface area contributed by atoms with Crippen molar-refractivity contribution in [3.05, 3.63) is 78.4 Å². The number of hydrogen-bond donors (Lipinski definition) is 1. The molecule has 1 N–H and O–H groups in total. The van der Waals surface area contributed by atoms with Crippen LogP contribution in [-0.2, 0) is 16.0 Å². The molecule has 41 heavy (non-hydrogen) atoms. The number of hydrogen-bond acceptors (Lipinski definition) is 6. The second-order valence-electron chi connectivity index (χ2n) is 11.7. The van der Waals surface area contributed by atoms with Gasteiger partial charge in [-0.1, -0.05) is 19.9 Å². The van der Waals surface area contributed by atoms with Crippen molar-refractivity contribution in [2.75, 3.05) is 36.5 Å². The van der Waals surface area contributed by atoms with E-state index in [1.807, 2.05) is 42.9 Å². The zero-order valence-electron chi connectivity index (χ0n) is 25.0. The third-order valence-corrected chi connectivity index (χ3v) is 7.68. The number of pyridine rings is 2. The quantitative estimate of drug-likeness (QED) is 0.218. The first-order valence-corrected chi connectivity index (χ1v) is 14.6. The molecule has 8 nitrogen and oxygen atoms in total. The molecule has 0 saturated carbocycles. The van der Waals surface area contributed by atoms with Crippen molar-refractivity contribution in [3.8, 4) is 5.75 Å². The van der Waals surface area contributed by atoms with Crippen LogP contribution in [0.2, 0.25) is 0 Å². The van der Waals surface area contributed by atoms with E-state index in [1.165, 1.54) is 11.1 Å². The molecule has 1 unspecified atom stereocenters. The summed E-state index contributed by atoms with van der Waals surface area (Å²) in [6, 6.07) is 14.1. The number of anilines is 2. The van der Waals surface area contributed by atoms with E-state index < -0.39 is 5.41 Å². The maximum atomic E-state index is 13.4. The number of benzene rings is 1. The molecular weight excluding hydrogens is 514 g/mol. The summed E-state index contributed by atoms with van der Waals surface area (Å²) in [6.07, 6.45) is 10.9. The number of rotatable bonds is 13. The first-order chi connectivity index (χ1) is 19.7. The van der Waals surface area contributed by atoms with Gasteiger partial charge < -0.3 is 19.9 Å². The Hall–Kier alpha value is -3.78. The smallest absolute Gasteiger partial charge is 0.242 e. The summed E-state index contributed by atoms with van der Waals surface area (Å²) in [5, 5.41) is 3.68. The lowest BCUT2D eigenvalue weighted by molar-refractivity contribution is -0.137. The average Bonchev–Trinajstić information content (AvgIpc) is 3.03. The Bertz CT molecular complexity index is 1300. The molecule has 1 aromatic carbocycles. The third kappa shape index (κ3) is 7.50. The number of aryl methyl sites for hydroxylation is 1. The van der Waals surface area contributed by atoms with Gasteiger partial charge in [0.05, 0.1) is 18.0 Å². The van der Waals surface area contributed by atoms with Crippen molar-refractivity contribution in [1.82, 2.24) is 15.3 Å². The Kier molecular flexibility index (Phi) is 10.1. The normalized spacial score (nSPS) is 15.6. The van der Waals surface area contributed by atoms with Gasteiger partial charge in [0, 0.05) is 50.5 Å². The van der Waals surface area contributed by atoms with Crippen LogP contribution in [0.1, 0.15) is 64.1 Å². The van der Waals surface area contributed by atoms with Crippen LogP contribution in [0.5, 0.6) is 5.75 Å². The van der Waals surface area contributed by atoms with Gasteiger partial charge in [0.15, 0.2) is 0 Å². The number of amides is 2. The van der Waals surface area contributed by atoms with Gasteiger partial charge in [-0.05, 0) is 93.5 Å². The van der Waals surface area contributed by atoms with E-state index in [4.69, 9.17) is 4.74 Å². The maximum Gasteiger partial charge on any atom is 0.242 e. The van der Waals surface area contributed by atoms with Gasteiger partial charge in [-0.3, -0.25) is 19.6 Å². The SMILES string of the molecule is CC(C)CCN1C(=O)C(C)(C)C(=O)N(C)c2cc(OCCCNC(CCc3cccnc3)c3ccncc3)ccc21. The highest BCUT2D eigenvalue weighted by atomic mass is 16.5. The van der Waals surface area contributed by atoms with Crippen LogP contribution >= 0.6 is 0 Å². The minimum atomic E-state index is -1.14. The monoisotopic (exact) mass is 557 g/mol. The summed E-state index contributed by atoms with van der Waals surface area (Å²) >= 11 is 0. The fourth-order valence-electron chi connectivity index (χ4n) is 5.14. The largest absolute Gasteiger partial charge is 0.493 e. The lowest BCUT2D eigenvalue weighted by atomic mass is 9.90. The van der Waals surface area contributed by atoms with Crippen molar-refractivity contribution in [2.45, 2.75) is 59.4 Å². The molecule has 2 amide bonds. The van der Waals surface area contributed by atoms with Gasteiger partial charge in [0.1, 0.15) is 11.2 Å². The molecule has 0 bridgehead atoms. The molecule has 218 valence electrons. The zero-order valence-corrected chi connectivity index (χ0v) is 25.0. The Morgan fingerprint density at radius 3 is 2.44 bits per heavy atom. The highest BCUT2D eigenvalue weighted by molar-refractivity contribution is 6.20. The maximum absolute atomic E-state index is 13.4. The number of nitrogens with one attached hydrogen (secondary N) is 1. The van der Waals surface area contributed by atoms with E-state index in [0.717, 1.165) is 37.9 Å². The van der Waals surface area contributed by atoms with Gasteiger partial charge in [-0.2, -0.15) is 0 Å². The van der Waals surface area contributed by atoms with Crippen LogP contribution in [0.3, 0.4) is 0 Å². The van der Waals surface area contributed by atoms with E-state index in [2.05, 4.69) is 47.3 Å². The Labute approximate surface area is 244 Å². The standard InChI is InChI=1S/C33H43N5O3/c1-24(2)15-20-38-29-12-10-27(22-30(29)37(5)31(39)33(3,4)32(38)40)41-21-7-17-36-28(26-13-18-34-19-14-26)11-9-25-8-6-16-35-23-25/h6,8,10,12-14,16,18-19,22-24,28,36H,7,9,11,15,17,20-21H2,1-5H3. The van der Waals surface area contributed by atoms with Crippen LogP contribution in [0.15, 0.2) is 67.3 Å². The molecule has 4 rings (SSSR count). The van der Waals surface area contributed by atoms with Crippen molar-refractivity contribution >= 4 is 23.2 Å². The first-order valence-electron chi connectivity index (χ1n) is 14.6. The molecule has 8 heteroatoms. The molecule has 2 aromatic heterocycles. The Balaban J connectivity index is 1.38. The predicted molar refractivity (Wildman–Crippen MR) is 163 cm³/mol. The molecule has 0 spiro atoms. The van der Waals surface area contributed by atoms with Gasteiger partial charge in [-0.25, -0.2) is 0 Å². The molecule has 3 heterocycles. The van der Waals surface area contributed by atoms with E-state index in [9.17, 15) is 9.59 Å². The van der Waals surface area contributed by atoms with Gasteiger partial charge >= 0.3 is 0 Å². The second kappa shape index (κ2) is 13.7. The number of fused-ring (bicyclic) bond motifs is 1. The summed E-state index contributed by atoms with van der Waals surface area (Å²) in [5.41, 5.74) is 2.74. The molecule has 0 fully saturated rings. The highest BCUT2D eigenvalue weighted by Crippen LogP contribution is 2.40. The summed E-state index contributed by atoms with van der Waals surface area (Å²) in [5.74, 6) is 0.740. The molecular formula is C33H43N5O3. The minimum absolute atomic E-state index is 0.166. The molecule has 0 aliphatic carbocycles. The first kappa shape index (κ1) is 30.2.